The Bertz CT molecular complexity index is 899. The predicted octanol–water partition coefficient (Wildman–Crippen LogP) is 4.05. The molecule has 1 aromatic heterocycles. The minimum absolute atomic E-state index is 0.00536. The topological polar surface area (TPSA) is 55.4 Å². The number of benzene rings is 2. The highest BCUT2D eigenvalue weighted by atomic mass is 32.1. The number of fused-ring (bicyclic) bond motifs is 1. The second-order valence-corrected chi connectivity index (χ2v) is 6.82. The van der Waals surface area contributed by atoms with Gasteiger partial charge in [-0.05, 0) is 60.0 Å². The number of carbonyl (C=O) groups is 2. The lowest BCUT2D eigenvalue weighted by Gasteiger charge is -2.14. The van der Waals surface area contributed by atoms with Gasteiger partial charge in [0.1, 0.15) is 0 Å². The summed E-state index contributed by atoms with van der Waals surface area (Å²) in [6, 6.07) is 14.7. The van der Waals surface area contributed by atoms with Gasteiger partial charge in [-0.3, -0.25) is 4.79 Å². The zero-order valence-electron chi connectivity index (χ0n) is 14.1. The summed E-state index contributed by atoms with van der Waals surface area (Å²) < 4.78 is 5.92. The number of carbonyl (C=O) groups excluding carboxylic acids is 2. The van der Waals surface area contributed by atoms with Gasteiger partial charge in [0, 0.05) is 16.3 Å². The number of amides is 1. The molecule has 4 nitrogen and oxygen atoms in total. The summed E-state index contributed by atoms with van der Waals surface area (Å²) in [6.45, 7) is 1.99. The van der Waals surface area contributed by atoms with Gasteiger partial charge >= 0.3 is 5.97 Å². The minimum atomic E-state index is -0.412. The maximum Gasteiger partial charge on any atom is 0.337 e. The van der Waals surface area contributed by atoms with Gasteiger partial charge in [0.15, 0.2) is 0 Å². The van der Waals surface area contributed by atoms with E-state index in [9.17, 15) is 9.59 Å². The van der Waals surface area contributed by atoms with Gasteiger partial charge in [-0.2, -0.15) is 0 Å². The Morgan fingerprint density at radius 3 is 2.48 bits per heavy atom. The summed E-state index contributed by atoms with van der Waals surface area (Å²) in [4.78, 5) is 23.8. The third-order valence-electron chi connectivity index (χ3n) is 4.03. The van der Waals surface area contributed by atoms with Gasteiger partial charge in [0.2, 0.25) is 0 Å². The van der Waals surface area contributed by atoms with Crippen molar-refractivity contribution in [1.82, 2.24) is 5.32 Å². The smallest absolute Gasteiger partial charge is 0.337 e. The van der Waals surface area contributed by atoms with Crippen LogP contribution in [-0.4, -0.2) is 25.0 Å². The molecule has 3 rings (SSSR count). The summed E-state index contributed by atoms with van der Waals surface area (Å²) >= 11 is 1.72. The summed E-state index contributed by atoms with van der Waals surface area (Å²) in [5, 5.41) is 6.41. The second-order valence-electron chi connectivity index (χ2n) is 5.90. The first-order chi connectivity index (χ1) is 12.1. The number of rotatable bonds is 5. The average Bonchev–Trinajstić information content (AvgIpc) is 3.04. The zero-order valence-corrected chi connectivity index (χ0v) is 14.9. The fourth-order valence-electron chi connectivity index (χ4n) is 2.75. The Balaban J connectivity index is 1.65. The van der Waals surface area contributed by atoms with E-state index >= 15 is 0 Å². The Morgan fingerprint density at radius 1 is 1.08 bits per heavy atom. The van der Waals surface area contributed by atoms with E-state index in [1.165, 1.54) is 22.8 Å². The Morgan fingerprint density at radius 2 is 1.76 bits per heavy atom. The highest BCUT2D eigenvalue weighted by molar-refractivity contribution is 7.17. The summed E-state index contributed by atoms with van der Waals surface area (Å²) in [7, 11) is 1.33. The maximum atomic E-state index is 12.4. The molecule has 0 saturated heterocycles. The number of hydrogen-bond donors (Lipinski definition) is 1. The van der Waals surface area contributed by atoms with Crippen molar-refractivity contribution in [1.29, 1.82) is 0 Å². The Kier molecular flexibility index (Phi) is 5.14. The molecule has 0 aliphatic rings. The SMILES string of the molecule is COC(=O)c1ccc(C(=O)N[C@H](C)Cc2csc3ccccc23)cc1. The molecule has 0 aliphatic heterocycles. The standard InChI is InChI=1S/C20H19NO3S/c1-13(11-16-12-25-18-6-4-3-5-17(16)18)21-19(22)14-7-9-15(10-8-14)20(23)24-2/h3-10,12-13H,11H2,1-2H3,(H,21,22)/t13-/m1/s1. The first-order valence-electron chi connectivity index (χ1n) is 8.03. The molecule has 5 heteroatoms. The van der Waals surface area contributed by atoms with E-state index in [1.54, 1.807) is 35.6 Å². The molecule has 0 aliphatic carbocycles. The van der Waals surface area contributed by atoms with E-state index < -0.39 is 5.97 Å². The molecule has 0 unspecified atom stereocenters. The number of nitrogens with one attached hydrogen (secondary N) is 1. The number of methoxy groups -OCH3 is 1. The lowest BCUT2D eigenvalue weighted by Crippen LogP contribution is -2.34. The van der Waals surface area contributed by atoms with Gasteiger partial charge in [-0.1, -0.05) is 18.2 Å². The number of hydrogen-bond acceptors (Lipinski definition) is 4. The first kappa shape index (κ1) is 17.2. The van der Waals surface area contributed by atoms with Gasteiger partial charge in [0.05, 0.1) is 12.7 Å². The van der Waals surface area contributed by atoms with Crippen molar-refractivity contribution in [2.45, 2.75) is 19.4 Å². The van der Waals surface area contributed by atoms with Crippen LogP contribution in [0.1, 0.15) is 33.2 Å². The lowest BCUT2D eigenvalue weighted by atomic mass is 10.1. The van der Waals surface area contributed by atoms with Crippen LogP contribution in [0, 0.1) is 0 Å². The first-order valence-corrected chi connectivity index (χ1v) is 8.91. The van der Waals surface area contributed by atoms with Crippen LogP contribution in [0.5, 0.6) is 0 Å². The van der Waals surface area contributed by atoms with Gasteiger partial charge in [0.25, 0.3) is 5.91 Å². The van der Waals surface area contributed by atoms with Gasteiger partial charge in [-0.15, -0.1) is 11.3 Å². The molecule has 0 fully saturated rings. The molecule has 0 spiro atoms. The molecule has 0 bridgehead atoms. The molecular formula is C20H19NO3S. The van der Waals surface area contributed by atoms with Crippen LogP contribution in [-0.2, 0) is 11.2 Å². The summed E-state index contributed by atoms with van der Waals surface area (Å²) in [6.07, 6.45) is 0.774. The lowest BCUT2D eigenvalue weighted by molar-refractivity contribution is 0.0600. The third kappa shape index (κ3) is 3.88. The van der Waals surface area contributed by atoms with Crippen molar-refractivity contribution >= 4 is 33.3 Å². The van der Waals surface area contributed by atoms with E-state index in [-0.39, 0.29) is 11.9 Å². The van der Waals surface area contributed by atoms with E-state index in [4.69, 9.17) is 0 Å². The molecule has 1 N–H and O–H groups in total. The molecule has 0 saturated carbocycles. The maximum absolute atomic E-state index is 12.4. The van der Waals surface area contributed by atoms with Crippen molar-refractivity contribution in [3.63, 3.8) is 0 Å². The van der Waals surface area contributed by atoms with E-state index in [1.807, 2.05) is 19.1 Å². The van der Waals surface area contributed by atoms with Crippen molar-refractivity contribution in [3.05, 3.63) is 70.6 Å². The predicted molar refractivity (Wildman–Crippen MR) is 100 cm³/mol. The van der Waals surface area contributed by atoms with Crippen LogP contribution in [0.2, 0.25) is 0 Å². The van der Waals surface area contributed by atoms with E-state index in [0.717, 1.165) is 6.42 Å². The number of thiophene rings is 1. The zero-order chi connectivity index (χ0) is 17.8. The molecule has 2 aromatic carbocycles. The van der Waals surface area contributed by atoms with Crippen molar-refractivity contribution in [3.8, 4) is 0 Å². The minimum Gasteiger partial charge on any atom is -0.465 e. The second kappa shape index (κ2) is 7.49. The largest absolute Gasteiger partial charge is 0.465 e. The van der Waals surface area contributed by atoms with Crippen molar-refractivity contribution in [2.24, 2.45) is 0 Å². The summed E-state index contributed by atoms with van der Waals surface area (Å²) in [5.41, 5.74) is 2.20. The normalized spacial score (nSPS) is 11.9. The quantitative estimate of drug-likeness (QED) is 0.704. The third-order valence-corrected chi connectivity index (χ3v) is 5.05. The van der Waals surface area contributed by atoms with Crippen LogP contribution in [0.25, 0.3) is 10.1 Å². The molecular weight excluding hydrogens is 334 g/mol. The van der Waals surface area contributed by atoms with Crippen LogP contribution < -0.4 is 5.32 Å². The van der Waals surface area contributed by atoms with Crippen LogP contribution in [0.4, 0.5) is 0 Å². The monoisotopic (exact) mass is 353 g/mol. The molecule has 1 heterocycles. The van der Waals surface area contributed by atoms with Crippen LogP contribution >= 0.6 is 11.3 Å². The molecule has 0 radical (unpaired) electrons. The molecule has 25 heavy (non-hydrogen) atoms. The number of esters is 1. The van der Waals surface area contributed by atoms with Crippen LogP contribution in [0.3, 0.4) is 0 Å². The number of ether oxygens (including phenoxy) is 1. The average molecular weight is 353 g/mol. The van der Waals surface area contributed by atoms with E-state index in [2.05, 4.69) is 27.6 Å². The van der Waals surface area contributed by atoms with Crippen molar-refractivity contribution in [2.75, 3.05) is 7.11 Å². The highest BCUT2D eigenvalue weighted by Crippen LogP contribution is 2.26. The van der Waals surface area contributed by atoms with Crippen molar-refractivity contribution < 1.29 is 14.3 Å². The molecule has 3 aromatic rings. The molecule has 1 atom stereocenters. The van der Waals surface area contributed by atoms with Gasteiger partial charge in [-0.25, -0.2) is 4.79 Å². The fourth-order valence-corrected chi connectivity index (χ4v) is 3.73. The Labute approximate surface area is 150 Å². The van der Waals surface area contributed by atoms with Gasteiger partial charge < -0.3 is 10.1 Å². The molecule has 1 amide bonds. The summed E-state index contributed by atoms with van der Waals surface area (Å²) in [5.74, 6) is -0.562. The van der Waals surface area contributed by atoms with E-state index in [0.29, 0.717) is 11.1 Å². The fraction of sp³-hybridized carbons (Fsp3) is 0.200. The molecule has 128 valence electrons. The van der Waals surface area contributed by atoms with Crippen LogP contribution in [0.15, 0.2) is 53.9 Å². The highest BCUT2D eigenvalue weighted by Gasteiger charge is 2.13. The Hall–Kier alpha value is -2.66.